The second kappa shape index (κ2) is 4.08. The van der Waals surface area contributed by atoms with E-state index in [4.69, 9.17) is 0 Å². The van der Waals surface area contributed by atoms with E-state index in [1.165, 1.54) is 0 Å². The van der Waals surface area contributed by atoms with E-state index in [0.29, 0.717) is 11.1 Å². The van der Waals surface area contributed by atoms with Crippen molar-refractivity contribution in [3.63, 3.8) is 0 Å². The molecule has 10 heavy (non-hydrogen) atoms. The Bertz CT molecular complexity index is 104. The van der Waals surface area contributed by atoms with Crippen LogP contribution in [0.3, 0.4) is 0 Å². The second-order valence-electron chi connectivity index (χ2n) is 3.80. The summed E-state index contributed by atoms with van der Waals surface area (Å²) in [5, 5.41) is 0. The van der Waals surface area contributed by atoms with Gasteiger partial charge in [-0.25, -0.2) is 0 Å². The van der Waals surface area contributed by atoms with Crippen molar-refractivity contribution in [1.29, 1.82) is 0 Å². The van der Waals surface area contributed by atoms with E-state index in [2.05, 4.69) is 27.4 Å². The van der Waals surface area contributed by atoms with E-state index in [-0.39, 0.29) is 0 Å². The fraction of sp³-hybridized carbons (Fsp3) is 0.875. The average Bonchev–Trinajstić information content (AvgIpc) is 1.81. The molecule has 0 saturated carbocycles. The molecule has 0 fully saturated rings. The topological polar surface area (TPSA) is 17.1 Å². The maximum atomic E-state index is 10.4. The smallest absolute Gasteiger partial charge is 0.127 e. The van der Waals surface area contributed by atoms with Gasteiger partial charge in [0, 0.05) is 5.66 Å². The standard InChI is InChI=1S/C8H17OP/c1-8(2,3)5-7(6-9)10-4/h6-7,10H,5H2,1-4H3. The summed E-state index contributed by atoms with van der Waals surface area (Å²) in [5.74, 6) is 0. The van der Waals surface area contributed by atoms with Crippen LogP contribution in [-0.2, 0) is 4.79 Å². The Hall–Kier alpha value is 0.100. The third-order valence-electron chi connectivity index (χ3n) is 1.37. The zero-order valence-electron chi connectivity index (χ0n) is 7.27. The van der Waals surface area contributed by atoms with Crippen LogP contribution in [0.1, 0.15) is 27.2 Å². The van der Waals surface area contributed by atoms with Crippen molar-refractivity contribution < 1.29 is 4.79 Å². The zero-order chi connectivity index (χ0) is 8.20. The highest BCUT2D eigenvalue weighted by molar-refractivity contribution is 7.39. The first-order valence-corrected chi connectivity index (χ1v) is 5.20. The quantitative estimate of drug-likeness (QED) is 0.457. The molecule has 0 saturated heterocycles. The van der Waals surface area contributed by atoms with Crippen molar-refractivity contribution in [2.45, 2.75) is 32.9 Å². The van der Waals surface area contributed by atoms with Gasteiger partial charge in [-0.3, -0.25) is 0 Å². The highest BCUT2D eigenvalue weighted by atomic mass is 31.1. The molecule has 0 rings (SSSR count). The van der Waals surface area contributed by atoms with Crippen LogP contribution in [0.15, 0.2) is 0 Å². The molecule has 0 aromatic heterocycles. The third-order valence-corrected chi connectivity index (χ3v) is 2.45. The fourth-order valence-electron chi connectivity index (χ4n) is 0.878. The maximum absolute atomic E-state index is 10.4. The lowest BCUT2D eigenvalue weighted by Crippen LogP contribution is -2.14. The number of aldehydes is 1. The Kier molecular flexibility index (Phi) is 4.12. The summed E-state index contributed by atoms with van der Waals surface area (Å²) in [6, 6.07) is 0. The summed E-state index contributed by atoms with van der Waals surface area (Å²) >= 11 is 0. The predicted molar refractivity (Wildman–Crippen MR) is 48.2 cm³/mol. The maximum Gasteiger partial charge on any atom is 0.127 e. The Labute approximate surface area is 65.4 Å². The van der Waals surface area contributed by atoms with Crippen molar-refractivity contribution in [2.75, 3.05) is 6.66 Å². The van der Waals surface area contributed by atoms with Gasteiger partial charge in [0.05, 0.1) is 0 Å². The van der Waals surface area contributed by atoms with Gasteiger partial charge in [-0.15, -0.1) is 8.58 Å². The first kappa shape index (κ1) is 10.1. The molecule has 0 aliphatic carbocycles. The minimum Gasteiger partial charge on any atom is -0.303 e. The van der Waals surface area contributed by atoms with E-state index in [1.807, 2.05) is 0 Å². The molecule has 0 radical (unpaired) electrons. The van der Waals surface area contributed by atoms with E-state index in [0.717, 1.165) is 21.3 Å². The van der Waals surface area contributed by atoms with E-state index >= 15 is 0 Å². The van der Waals surface area contributed by atoms with Crippen molar-refractivity contribution in [3.8, 4) is 0 Å². The number of hydrogen-bond acceptors (Lipinski definition) is 1. The van der Waals surface area contributed by atoms with Crippen molar-refractivity contribution >= 4 is 14.9 Å². The summed E-state index contributed by atoms with van der Waals surface area (Å²) in [5.41, 5.74) is 0.592. The van der Waals surface area contributed by atoms with Crippen LogP contribution in [0.5, 0.6) is 0 Å². The van der Waals surface area contributed by atoms with Crippen LogP contribution in [0.2, 0.25) is 0 Å². The van der Waals surface area contributed by atoms with E-state index in [1.54, 1.807) is 0 Å². The predicted octanol–water partition coefficient (Wildman–Crippen LogP) is 2.30. The molecule has 60 valence electrons. The average molecular weight is 160 g/mol. The van der Waals surface area contributed by atoms with Gasteiger partial charge in [-0.1, -0.05) is 20.8 Å². The zero-order valence-corrected chi connectivity index (χ0v) is 8.27. The van der Waals surface area contributed by atoms with Crippen LogP contribution < -0.4 is 0 Å². The molecule has 0 aliphatic rings. The first-order valence-electron chi connectivity index (χ1n) is 3.62. The molecular formula is C8H17OP. The van der Waals surface area contributed by atoms with Crippen LogP contribution in [0, 0.1) is 5.41 Å². The molecule has 0 heterocycles. The molecular weight excluding hydrogens is 143 g/mol. The van der Waals surface area contributed by atoms with Gasteiger partial charge in [0.1, 0.15) is 6.29 Å². The van der Waals surface area contributed by atoms with E-state index in [9.17, 15) is 4.79 Å². The second-order valence-corrected chi connectivity index (χ2v) is 5.11. The van der Waals surface area contributed by atoms with Crippen LogP contribution in [0.25, 0.3) is 0 Å². The highest BCUT2D eigenvalue weighted by Gasteiger charge is 2.16. The van der Waals surface area contributed by atoms with Gasteiger partial charge >= 0.3 is 0 Å². The van der Waals surface area contributed by atoms with Gasteiger partial charge in [-0.2, -0.15) is 0 Å². The van der Waals surface area contributed by atoms with Gasteiger partial charge < -0.3 is 4.79 Å². The molecule has 0 amide bonds. The monoisotopic (exact) mass is 160 g/mol. The highest BCUT2D eigenvalue weighted by Crippen LogP contribution is 2.27. The molecule has 2 heteroatoms. The lowest BCUT2D eigenvalue weighted by Gasteiger charge is -2.21. The summed E-state index contributed by atoms with van der Waals surface area (Å²) in [6.45, 7) is 8.60. The van der Waals surface area contributed by atoms with Crippen molar-refractivity contribution in [2.24, 2.45) is 5.41 Å². The van der Waals surface area contributed by atoms with Gasteiger partial charge in [0.15, 0.2) is 0 Å². The normalized spacial score (nSPS) is 16.0. The summed E-state index contributed by atoms with van der Waals surface area (Å²) in [6.07, 6.45) is 2.11. The Morgan fingerprint density at radius 1 is 1.50 bits per heavy atom. The van der Waals surface area contributed by atoms with Crippen LogP contribution in [-0.4, -0.2) is 18.6 Å². The Morgan fingerprint density at radius 2 is 2.00 bits per heavy atom. The summed E-state index contributed by atoms with van der Waals surface area (Å²) in [7, 11) is 0.754. The van der Waals surface area contributed by atoms with Gasteiger partial charge in [-0.05, 0) is 18.5 Å². The number of carbonyl (C=O) groups is 1. The van der Waals surface area contributed by atoms with Crippen LogP contribution >= 0.6 is 8.58 Å². The number of rotatable bonds is 3. The molecule has 2 atom stereocenters. The first-order chi connectivity index (χ1) is 4.49. The Morgan fingerprint density at radius 3 is 2.10 bits per heavy atom. The van der Waals surface area contributed by atoms with Crippen molar-refractivity contribution in [1.82, 2.24) is 0 Å². The Balaban J connectivity index is 3.74. The molecule has 0 N–H and O–H groups in total. The molecule has 0 aliphatic heterocycles. The van der Waals surface area contributed by atoms with Crippen LogP contribution in [0.4, 0.5) is 0 Å². The van der Waals surface area contributed by atoms with Gasteiger partial charge in [0.2, 0.25) is 0 Å². The molecule has 0 spiro atoms. The summed E-state index contributed by atoms with van der Waals surface area (Å²) < 4.78 is 0. The number of hydrogen-bond donors (Lipinski definition) is 0. The molecule has 1 nitrogen and oxygen atoms in total. The lowest BCUT2D eigenvalue weighted by molar-refractivity contribution is -0.107. The van der Waals surface area contributed by atoms with Gasteiger partial charge in [0.25, 0.3) is 0 Å². The fourth-order valence-corrected chi connectivity index (χ4v) is 1.83. The lowest BCUT2D eigenvalue weighted by atomic mass is 9.91. The minimum absolute atomic E-state index is 0.292. The molecule has 0 aromatic carbocycles. The largest absolute Gasteiger partial charge is 0.303 e. The molecule has 2 unspecified atom stereocenters. The molecule has 0 aromatic rings. The summed E-state index contributed by atoms with van der Waals surface area (Å²) in [4.78, 5) is 10.4. The minimum atomic E-state index is 0.292. The molecule has 0 bridgehead atoms. The SMILES string of the molecule is CPC(C=O)CC(C)(C)C. The third kappa shape index (κ3) is 4.93. The van der Waals surface area contributed by atoms with Crippen molar-refractivity contribution in [3.05, 3.63) is 0 Å². The number of carbonyl (C=O) groups excluding carboxylic acids is 1. The van der Waals surface area contributed by atoms with E-state index < -0.39 is 0 Å².